The van der Waals surface area contributed by atoms with Gasteiger partial charge in [-0.3, -0.25) is 19.2 Å². The number of aliphatic hydroxyl groups is 3. The number of fused-ring (bicyclic) bond motifs is 5. The van der Waals surface area contributed by atoms with Crippen molar-refractivity contribution in [2.75, 3.05) is 13.7 Å². The van der Waals surface area contributed by atoms with Crippen molar-refractivity contribution >= 4 is 35.6 Å². The maximum Gasteiger partial charge on any atom is 0.338 e. The third kappa shape index (κ3) is 7.65. The fraction of sp³-hybridized carbons (Fsp3) is 0.458. The normalized spacial score (nSPS) is 31.2. The molecule has 16 heteroatoms. The molecule has 0 spiro atoms. The van der Waals surface area contributed by atoms with Crippen LogP contribution >= 0.6 is 0 Å². The number of carbonyl (C=O) groups excluding carboxylic acids is 6. The first-order valence-corrected chi connectivity index (χ1v) is 21.0. The molecule has 3 fully saturated rings. The van der Waals surface area contributed by atoms with Crippen molar-refractivity contribution in [3.63, 3.8) is 0 Å². The van der Waals surface area contributed by atoms with Crippen LogP contribution in [0.5, 0.6) is 5.75 Å². The molecule has 3 aliphatic carbocycles. The molecule has 1 heterocycles. The van der Waals surface area contributed by atoms with Crippen LogP contribution in [0.3, 0.4) is 0 Å². The molecule has 340 valence electrons. The fourth-order valence-electron chi connectivity index (χ4n) is 10.3. The van der Waals surface area contributed by atoms with Crippen LogP contribution in [0.1, 0.15) is 86.7 Å². The molecule has 2 saturated carbocycles. The van der Waals surface area contributed by atoms with Gasteiger partial charge in [0.15, 0.2) is 23.6 Å². The highest BCUT2D eigenvalue weighted by Crippen LogP contribution is 2.64. The molecule has 11 atom stereocenters. The number of ketones is 1. The molecule has 3 aromatic rings. The van der Waals surface area contributed by atoms with Crippen molar-refractivity contribution in [1.29, 1.82) is 0 Å². The zero-order valence-corrected chi connectivity index (χ0v) is 36.6. The number of benzene rings is 3. The van der Waals surface area contributed by atoms with Crippen LogP contribution in [0.15, 0.2) is 96.1 Å². The summed E-state index contributed by atoms with van der Waals surface area (Å²) in [6, 6.07) is 20.9. The third-order valence-electron chi connectivity index (χ3n) is 13.8. The van der Waals surface area contributed by atoms with E-state index < -0.39 is 113 Å². The molecule has 1 aliphatic heterocycles. The van der Waals surface area contributed by atoms with Crippen LogP contribution < -0.4 is 10.1 Å². The van der Waals surface area contributed by atoms with Gasteiger partial charge in [-0.05, 0) is 67.0 Å². The summed E-state index contributed by atoms with van der Waals surface area (Å²) in [6.07, 6.45) is -10.7. The first kappa shape index (κ1) is 46.1. The Labute approximate surface area is 369 Å². The molecular formula is C48H53NO15. The molecule has 16 nitrogen and oxygen atoms in total. The molecule has 1 amide bonds. The summed E-state index contributed by atoms with van der Waals surface area (Å²) in [5.74, 6) is -6.54. The van der Waals surface area contributed by atoms with Crippen molar-refractivity contribution < 1.29 is 72.5 Å². The fourth-order valence-corrected chi connectivity index (χ4v) is 10.3. The monoisotopic (exact) mass is 883 g/mol. The van der Waals surface area contributed by atoms with Gasteiger partial charge in [-0.25, -0.2) is 9.59 Å². The van der Waals surface area contributed by atoms with Gasteiger partial charge in [0.1, 0.15) is 29.7 Å². The molecule has 4 N–H and O–H groups in total. The van der Waals surface area contributed by atoms with Gasteiger partial charge in [0.2, 0.25) is 0 Å². The highest BCUT2D eigenvalue weighted by Gasteiger charge is 2.78. The number of hydrogen-bond donors (Lipinski definition) is 4. The summed E-state index contributed by atoms with van der Waals surface area (Å²) in [5, 5.41) is 40.4. The van der Waals surface area contributed by atoms with E-state index in [1.165, 1.54) is 45.2 Å². The van der Waals surface area contributed by atoms with E-state index in [4.69, 9.17) is 28.4 Å². The maximum atomic E-state index is 15.5. The molecule has 4 aliphatic rings. The number of aliphatic hydroxyl groups excluding tert-OH is 2. The SMILES string of the molecule is COc1ccc(C(=O)O[C@H]2C3[C@](C)(C(=O)[C@H](OC(C)=O)C4=C(C)[C@@H](OC(=O)[C@H](O)[C@@H](NC(=O)c5ccccc5)c5ccccc5)C[C@]2(O)C4(C)C)[C@@H](O)C[C@H]2OC[C@@]32OC(C)=O)cc1. The van der Waals surface area contributed by atoms with Gasteiger partial charge in [-0.15, -0.1) is 0 Å². The van der Waals surface area contributed by atoms with E-state index in [0.29, 0.717) is 11.3 Å². The first-order chi connectivity index (χ1) is 30.2. The summed E-state index contributed by atoms with van der Waals surface area (Å²) < 4.78 is 35.6. The van der Waals surface area contributed by atoms with Crippen molar-refractivity contribution in [1.82, 2.24) is 5.32 Å². The van der Waals surface area contributed by atoms with Crippen LogP contribution in [0.2, 0.25) is 0 Å². The van der Waals surface area contributed by atoms with Crippen LogP contribution in [-0.4, -0.2) is 112 Å². The van der Waals surface area contributed by atoms with Crippen LogP contribution in [0, 0.1) is 16.7 Å². The number of nitrogens with one attached hydrogen (secondary N) is 1. The smallest absolute Gasteiger partial charge is 0.338 e. The maximum absolute atomic E-state index is 15.5. The lowest BCUT2D eigenvalue weighted by molar-refractivity contribution is -0.346. The van der Waals surface area contributed by atoms with Crippen molar-refractivity contribution in [2.24, 2.45) is 16.7 Å². The lowest BCUT2D eigenvalue weighted by Gasteiger charge is -2.67. The van der Waals surface area contributed by atoms with Gasteiger partial charge in [0.05, 0.1) is 42.8 Å². The van der Waals surface area contributed by atoms with E-state index in [-0.39, 0.29) is 35.3 Å². The second-order valence-electron chi connectivity index (χ2n) is 17.7. The summed E-state index contributed by atoms with van der Waals surface area (Å²) in [6.45, 7) is 7.91. The Balaban J connectivity index is 1.39. The average Bonchev–Trinajstić information content (AvgIpc) is 3.26. The summed E-state index contributed by atoms with van der Waals surface area (Å²) in [5.41, 5.74) is -7.22. The number of amides is 1. The summed E-state index contributed by atoms with van der Waals surface area (Å²) in [4.78, 5) is 83.8. The molecular weight excluding hydrogens is 831 g/mol. The summed E-state index contributed by atoms with van der Waals surface area (Å²) in [7, 11) is 1.45. The second-order valence-corrected chi connectivity index (χ2v) is 17.7. The quantitative estimate of drug-likeness (QED) is 0.122. The lowest BCUT2D eigenvalue weighted by atomic mass is 9.44. The highest BCUT2D eigenvalue weighted by atomic mass is 16.6. The van der Waals surface area contributed by atoms with Gasteiger partial charge in [-0.2, -0.15) is 0 Å². The minimum absolute atomic E-state index is 0.00717. The molecule has 1 unspecified atom stereocenters. The number of esters is 4. The van der Waals surface area contributed by atoms with Gasteiger partial charge >= 0.3 is 23.9 Å². The summed E-state index contributed by atoms with van der Waals surface area (Å²) >= 11 is 0. The molecule has 0 aromatic heterocycles. The number of carbonyl (C=O) groups is 6. The van der Waals surface area contributed by atoms with E-state index in [1.54, 1.807) is 74.5 Å². The van der Waals surface area contributed by atoms with Gasteiger partial charge in [-0.1, -0.05) is 62.4 Å². The van der Waals surface area contributed by atoms with Gasteiger partial charge < -0.3 is 49.1 Å². The molecule has 3 aromatic carbocycles. The van der Waals surface area contributed by atoms with Gasteiger partial charge in [0.25, 0.3) is 5.91 Å². The molecule has 0 radical (unpaired) electrons. The number of rotatable bonds is 11. The minimum Gasteiger partial charge on any atom is -0.497 e. The highest BCUT2D eigenvalue weighted by molar-refractivity contribution is 5.96. The lowest BCUT2D eigenvalue weighted by Crippen LogP contribution is -2.82. The van der Waals surface area contributed by atoms with Crippen molar-refractivity contribution in [3.8, 4) is 5.75 Å². The number of methoxy groups -OCH3 is 1. The standard InChI is InChI=1S/C48H53NO15/c1-25-32(62-44(57)37(53)36(28-14-10-8-11-15-28)49-42(55)29-16-12-9-13-17-29)23-48(58)41(63-43(56)30-18-20-31(59-7)21-19-30)39-46(6,33(52)22-34-47(39,24-60-34)64-27(3)51)40(54)38(61-26(2)50)35(25)45(48,4)5/h8-21,32-34,36-39,41,52-53,58H,22-24H2,1-7H3,(H,49,55)/t32-,33-,34+,36-,37+,38+,39?,41-,46+,47-,48+/m0/s1. The Morgan fingerprint density at radius 3 is 2.03 bits per heavy atom. The largest absolute Gasteiger partial charge is 0.497 e. The van der Waals surface area contributed by atoms with Crippen LogP contribution in [-0.2, 0) is 42.9 Å². The van der Waals surface area contributed by atoms with Crippen molar-refractivity contribution in [3.05, 3.63) is 113 Å². The zero-order valence-electron chi connectivity index (χ0n) is 36.6. The Bertz CT molecular complexity index is 2350. The Morgan fingerprint density at radius 2 is 1.47 bits per heavy atom. The first-order valence-electron chi connectivity index (χ1n) is 21.0. The Morgan fingerprint density at radius 1 is 0.844 bits per heavy atom. The minimum atomic E-state index is -2.42. The predicted octanol–water partition coefficient (Wildman–Crippen LogP) is 3.74. The average molecular weight is 884 g/mol. The second kappa shape index (κ2) is 17.2. The van der Waals surface area contributed by atoms with E-state index in [9.17, 15) is 39.3 Å². The molecule has 64 heavy (non-hydrogen) atoms. The van der Waals surface area contributed by atoms with Crippen LogP contribution in [0.25, 0.3) is 0 Å². The molecule has 2 bridgehead atoms. The zero-order chi connectivity index (χ0) is 46.5. The van der Waals surface area contributed by atoms with Gasteiger partial charge in [0, 0.05) is 37.7 Å². The third-order valence-corrected chi connectivity index (χ3v) is 13.8. The number of hydrogen-bond acceptors (Lipinski definition) is 15. The Hall–Kier alpha value is -5.94. The number of ether oxygens (including phenoxy) is 6. The predicted molar refractivity (Wildman–Crippen MR) is 224 cm³/mol. The Kier molecular flexibility index (Phi) is 12.4. The van der Waals surface area contributed by atoms with Crippen LogP contribution in [0.4, 0.5) is 0 Å². The topological polar surface area (TPSA) is 231 Å². The van der Waals surface area contributed by atoms with E-state index in [1.807, 2.05) is 0 Å². The van der Waals surface area contributed by atoms with E-state index >= 15 is 4.79 Å². The van der Waals surface area contributed by atoms with Crippen molar-refractivity contribution in [2.45, 2.75) is 108 Å². The molecule has 7 rings (SSSR count). The van der Waals surface area contributed by atoms with E-state index in [0.717, 1.165) is 13.8 Å². The molecule has 1 saturated heterocycles. The van der Waals surface area contributed by atoms with E-state index in [2.05, 4.69) is 5.32 Å². The number of Topliss-reactive ketones (excluding diaryl/α,β-unsaturated/α-hetero) is 1.